The fourth-order valence-electron chi connectivity index (χ4n) is 1.91. The van der Waals surface area contributed by atoms with Crippen LogP contribution in [0, 0.1) is 0 Å². The molecule has 0 aliphatic heterocycles. The molecule has 0 aliphatic rings. The third-order valence-electron chi connectivity index (χ3n) is 3.06. The molecule has 0 saturated heterocycles. The fourth-order valence-corrected chi connectivity index (χ4v) is 1.91. The standard InChI is InChI=1S/C17H22N2O/c18-12-4-5-13-19-16-8-10-17(11-9-16)20-14-15-6-2-1-3-7-15/h1-3,6-11,19H,4-5,12-14,18H2. The summed E-state index contributed by atoms with van der Waals surface area (Å²) in [5.74, 6) is 0.890. The molecule has 0 atom stereocenters. The maximum atomic E-state index is 5.75. The molecule has 3 heteroatoms. The smallest absolute Gasteiger partial charge is 0.119 e. The summed E-state index contributed by atoms with van der Waals surface area (Å²) in [5, 5.41) is 3.37. The van der Waals surface area contributed by atoms with E-state index in [0.29, 0.717) is 6.61 Å². The van der Waals surface area contributed by atoms with Gasteiger partial charge >= 0.3 is 0 Å². The van der Waals surface area contributed by atoms with Crippen molar-refractivity contribution in [1.82, 2.24) is 0 Å². The first-order chi connectivity index (χ1) is 9.88. The van der Waals surface area contributed by atoms with E-state index in [4.69, 9.17) is 10.5 Å². The van der Waals surface area contributed by atoms with E-state index >= 15 is 0 Å². The van der Waals surface area contributed by atoms with Crippen LogP contribution in [0.5, 0.6) is 5.75 Å². The molecule has 0 saturated carbocycles. The molecular weight excluding hydrogens is 248 g/mol. The van der Waals surface area contributed by atoms with E-state index in [2.05, 4.69) is 17.4 Å². The van der Waals surface area contributed by atoms with Crippen molar-refractivity contribution >= 4 is 5.69 Å². The summed E-state index contributed by atoms with van der Waals surface area (Å²) in [7, 11) is 0. The summed E-state index contributed by atoms with van der Waals surface area (Å²) in [6, 6.07) is 18.3. The number of benzene rings is 2. The number of anilines is 1. The Hall–Kier alpha value is -2.00. The fraction of sp³-hybridized carbons (Fsp3) is 0.294. The molecule has 0 heterocycles. The average molecular weight is 270 g/mol. The number of hydrogen-bond acceptors (Lipinski definition) is 3. The largest absolute Gasteiger partial charge is 0.489 e. The molecule has 0 radical (unpaired) electrons. The van der Waals surface area contributed by atoms with E-state index in [1.165, 1.54) is 5.56 Å². The summed E-state index contributed by atoms with van der Waals surface area (Å²) >= 11 is 0. The van der Waals surface area contributed by atoms with Gasteiger partial charge in [0.05, 0.1) is 0 Å². The van der Waals surface area contributed by atoms with Crippen LogP contribution in [0.15, 0.2) is 54.6 Å². The predicted octanol–water partition coefficient (Wildman–Crippen LogP) is 3.42. The van der Waals surface area contributed by atoms with Crippen LogP contribution in [0.2, 0.25) is 0 Å². The number of nitrogens with two attached hydrogens (primary N) is 1. The van der Waals surface area contributed by atoms with Crippen molar-refractivity contribution in [2.45, 2.75) is 19.4 Å². The van der Waals surface area contributed by atoms with Crippen molar-refractivity contribution in [3.05, 3.63) is 60.2 Å². The molecule has 2 aromatic rings. The third kappa shape index (κ3) is 4.94. The van der Waals surface area contributed by atoms with Gasteiger partial charge in [-0.05, 0) is 49.2 Å². The van der Waals surface area contributed by atoms with Gasteiger partial charge in [-0.15, -0.1) is 0 Å². The van der Waals surface area contributed by atoms with Crippen LogP contribution in [-0.2, 0) is 6.61 Å². The first-order valence-corrected chi connectivity index (χ1v) is 7.09. The molecule has 20 heavy (non-hydrogen) atoms. The van der Waals surface area contributed by atoms with Crippen LogP contribution in [0.3, 0.4) is 0 Å². The second-order valence-electron chi connectivity index (χ2n) is 4.72. The van der Waals surface area contributed by atoms with Crippen molar-refractivity contribution < 1.29 is 4.74 Å². The maximum absolute atomic E-state index is 5.75. The molecule has 2 aromatic carbocycles. The Morgan fingerprint density at radius 2 is 1.65 bits per heavy atom. The van der Waals surface area contributed by atoms with Crippen LogP contribution in [0.4, 0.5) is 5.69 Å². The Bertz CT molecular complexity index is 482. The Kier molecular flexibility index (Phi) is 5.93. The van der Waals surface area contributed by atoms with E-state index in [9.17, 15) is 0 Å². The van der Waals surface area contributed by atoms with Crippen LogP contribution in [0.25, 0.3) is 0 Å². The van der Waals surface area contributed by atoms with Crippen LogP contribution in [0.1, 0.15) is 18.4 Å². The molecule has 106 valence electrons. The average Bonchev–Trinajstić information content (AvgIpc) is 2.52. The van der Waals surface area contributed by atoms with Gasteiger partial charge in [-0.2, -0.15) is 0 Å². The minimum absolute atomic E-state index is 0.601. The van der Waals surface area contributed by atoms with E-state index < -0.39 is 0 Å². The molecule has 0 amide bonds. The monoisotopic (exact) mass is 270 g/mol. The highest BCUT2D eigenvalue weighted by molar-refractivity contribution is 5.46. The molecule has 0 aromatic heterocycles. The van der Waals surface area contributed by atoms with Gasteiger partial charge in [-0.1, -0.05) is 30.3 Å². The van der Waals surface area contributed by atoms with Gasteiger partial charge in [0.25, 0.3) is 0 Å². The Morgan fingerprint density at radius 3 is 2.35 bits per heavy atom. The Morgan fingerprint density at radius 1 is 0.900 bits per heavy atom. The highest BCUT2D eigenvalue weighted by Gasteiger charge is 1.96. The molecular formula is C17H22N2O. The zero-order valence-corrected chi connectivity index (χ0v) is 11.7. The number of ether oxygens (including phenoxy) is 1. The number of nitrogens with one attached hydrogen (secondary N) is 1. The Balaban J connectivity index is 1.76. The third-order valence-corrected chi connectivity index (χ3v) is 3.06. The zero-order chi connectivity index (χ0) is 14.0. The summed E-state index contributed by atoms with van der Waals surface area (Å²) < 4.78 is 5.75. The Labute approximate surface area is 120 Å². The van der Waals surface area contributed by atoms with Crippen molar-refractivity contribution in [3.63, 3.8) is 0 Å². The zero-order valence-electron chi connectivity index (χ0n) is 11.7. The predicted molar refractivity (Wildman–Crippen MR) is 84.0 cm³/mol. The van der Waals surface area contributed by atoms with Gasteiger partial charge in [0.15, 0.2) is 0 Å². The van der Waals surface area contributed by atoms with Gasteiger partial charge < -0.3 is 15.8 Å². The van der Waals surface area contributed by atoms with Gasteiger partial charge in [0, 0.05) is 12.2 Å². The lowest BCUT2D eigenvalue weighted by Crippen LogP contribution is -2.05. The second-order valence-corrected chi connectivity index (χ2v) is 4.72. The summed E-state index contributed by atoms with van der Waals surface area (Å²) in [6.45, 7) is 2.32. The quantitative estimate of drug-likeness (QED) is 0.723. The summed E-state index contributed by atoms with van der Waals surface area (Å²) in [6.07, 6.45) is 2.16. The second kappa shape index (κ2) is 8.23. The lowest BCUT2D eigenvalue weighted by molar-refractivity contribution is 0.306. The van der Waals surface area contributed by atoms with Crippen molar-refractivity contribution in [1.29, 1.82) is 0 Å². The van der Waals surface area contributed by atoms with Crippen molar-refractivity contribution in [2.75, 3.05) is 18.4 Å². The van der Waals surface area contributed by atoms with E-state index in [1.807, 2.05) is 42.5 Å². The van der Waals surface area contributed by atoms with Crippen molar-refractivity contribution in [2.24, 2.45) is 5.73 Å². The normalized spacial score (nSPS) is 10.2. The van der Waals surface area contributed by atoms with Gasteiger partial charge in [0.1, 0.15) is 12.4 Å². The number of rotatable bonds is 8. The van der Waals surface area contributed by atoms with Gasteiger partial charge in [0.2, 0.25) is 0 Å². The first-order valence-electron chi connectivity index (χ1n) is 7.09. The lowest BCUT2D eigenvalue weighted by Gasteiger charge is -2.09. The molecule has 2 rings (SSSR count). The number of hydrogen-bond donors (Lipinski definition) is 2. The highest BCUT2D eigenvalue weighted by Crippen LogP contribution is 2.17. The molecule has 0 fully saturated rings. The van der Waals surface area contributed by atoms with Crippen LogP contribution in [-0.4, -0.2) is 13.1 Å². The minimum atomic E-state index is 0.601. The summed E-state index contributed by atoms with van der Waals surface area (Å²) in [4.78, 5) is 0. The lowest BCUT2D eigenvalue weighted by atomic mass is 10.2. The number of unbranched alkanes of at least 4 members (excludes halogenated alkanes) is 1. The van der Waals surface area contributed by atoms with Gasteiger partial charge in [-0.3, -0.25) is 0 Å². The molecule has 0 unspecified atom stereocenters. The van der Waals surface area contributed by atoms with E-state index in [0.717, 1.165) is 37.4 Å². The molecule has 0 bridgehead atoms. The molecule has 0 aliphatic carbocycles. The molecule has 0 spiro atoms. The van der Waals surface area contributed by atoms with E-state index in [-0.39, 0.29) is 0 Å². The van der Waals surface area contributed by atoms with Crippen LogP contribution >= 0.6 is 0 Å². The SMILES string of the molecule is NCCCCNc1ccc(OCc2ccccc2)cc1. The topological polar surface area (TPSA) is 47.3 Å². The maximum Gasteiger partial charge on any atom is 0.119 e. The summed E-state index contributed by atoms with van der Waals surface area (Å²) in [5.41, 5.74) is 7.76. The van der Waals surface area contributed by atoms with Crippen molar-refractivity contribution in [3.8, 4) is 5.75 Å². The van der Waals surface area contributed by atoms with E-state index in [1.54, 1.807) is 0 Å². The first kappa shape index (κ1) is 14.4. The van der Waals surface area contributed by atoms with Crippen LogP contribution < -0.4 is 15.8 Å². The highest BCUT2D eigenvalue weighted by atomic mass is 16.5. The van der Waals surface area contributed by atoms with Gasteiger partial charge in [-0.25, -0.2) is 0 Å². The molecule has 3 nitrogen and oxygen atoms in total. The molecule has 3 N–H and O–H groups in total. The minimum Gasteiger partial charge on any atom is -0.489 e.